The molecule has 2 nitrogen and oxygen atoms in total. The Morgan fingerprint density at radius 2 is 1.92 bits per heavy atom. The van der Waals surface area contributed by atoms with Gasteiger partial charge in [0.2, 0.25) is 0 Å². The molecule has 0 unspecified atom stereocenters. The first-order valence-electron chi connectivity index (χ1n) is 3.32. The second-order valence-corrected chi connectivity index (χ2v) is 2.49. The van der Waals surface area contributed by atoms with E-state index in [0.29, 0.717) is 0 Å². The van der Waals surface area contributed by atoms with Crippen molar-refractivity contribution in [1.29, 1.82) is 0 Å². The van der Waals surface area contributed by atoms with Crippen LogP contribution in [0.4, 0.5) is 13.2 Å². The van der Waals surface area contributed by atoms with Crippen molar-refractivity contribution in [2.75, 3.05) is 6.54 Å². The van der Waals surface area contributed by atoms with Crippen molar-refractivity contribution in [3.05, 3.63) is 11.6 Å². The lowest BCUT2D eigenvalue weighted by atomic mass is 10.3. The zero-order chi connectivity index (χ0) is 9.78. The number of rotatable bonds is 2. The summed E-state index contributed by atoms with van der Waals surface area (Å²) in [4.78, 5) is 10.2. The first-order chi connectivity index (χ1) is 5.34. The molecule has 0 aliphatic heterocycles. The number of allylic oxidation sites excluding steroid dienone is 1. The maximum absolute atomic E-state index is 11.5. The van der Waals surface area contributed by atoms with Crippen LogP contribution in [0.25, 0.3) is 0 Å². The fraction of sp³-hybridized carbons (Fsp3) is 0.571. The van der Waals surface area contributed by atoms with E-state index in [2.05, 4.69) is 0 Å². The molecule has 0 bridgehead atoms. The lowest BCUT2D eigenvalue weighted by Gasteiger charge is -2.05. The van der Waals surface area contributed by atoms with Crippen molar-refractivity contribution in [1.82, 2.24) is 5.32 Å². The highest BCUT2D eigenvalue weighted by molar-refractivity contribution is 5.81. The molecular formula is C7H10F3NO. The SMILES string of the molecule is CC(C)=CCNC(=O)C(F)(F)F. The monoisotopic (exact) mass is 181 g/mol. The average Bonchev–Trinajstić information content (AvgIpc) is 1.84. The lowest BCUT2D eigenvalue weighted by Crippen LogP contribution is -2.36. The summed E-state index contributed by atoms with van der Waals surface area (Å²) in [5.41, 5.74) is 0.859. The Hall–Kier alpha value is -1.00. The van der Waals surface area contributed by atoms with Gasteiger partial charge in [0.25, 0.3) is 0 Å². The maximum Gasteiger partial charge on any atom is 0.471 e. The van der Waals surface area contributed by atoms with E-state index in [1.54, 1.807) is 19.2 Å². The Labute approximate surface area is 68.4 Å². The molecule has 0 heterocycles. The Balaban J connectivity index is 3.82. The first-order valence-corrected chi connectivity index (χ1v) is 3.32. The van der Waals surface area contributed by atoms with Crippen molar-refractivity contribution >= 4 is 5.91 Å². The van der Waals surface area contributed by atoms with Crippen LogP contribution in [0, 0.1) is 0 Å². The molecule has 0 aromatic heterocycles. The van der Waals surface area contributed by atoms with Crippen molar-refractivity contribution in [2.24, 2.45) is 0 Å². The largest absolute Gasteiger partial charge is 0.471 e. The zero-order valence-corrected chi connectivity index (χ0v) is 6.83. The second kappa shape index (κ2) is 4.13. The van der Waals surface area contributed by atoms with Crippen LogP contribution in [0.15, 0.2) is 11.6 Å². The number of alkyl halides is 3. The summed E-state index contributed by atoms with van der Waals surface area (Å²) in [6.07, 6.45) is -3.28. The van der Waals surface area contributed by atoms with Crippen LogP contribution in [0.3, 0.4) is 0 Å². The highest BCUT2D eigenvalue weighted by Crippen LogP contribution is 2.13. The van der Waals surface area contributed by atoms with E-state index in [9.17, 15) is 18.0 Å². The molecule has 0 aromatic carbocycles. The Kier molecular flexibility index (Phi) is 3.79. The van der Waals surface area contributed by atoms with E-state index in [1.807, 2.05) is 0 Å². The Bertz CT molecular complexity index is 191. The summed E-state index contributed by atoms with van der Waals surface area (Å²) in [6, 6.07) is 0. The van der Waals surface area contributed by atoms with E-state index in [1.165, 1.54) is 6.08 Å². The third kappa shape index (κ3) is 4.76. The number of hydrogen-bond acceptors (Lipinski definition) is 1. The molecular weight excluding hydrogens is 171 g/mol. The molecule has 0 rings (SSSR count). The van der Waals surface area contributed by atoms with Gasteiger partial charge >= 0.3 is 12.1 Å². The van der Waals surface area contributed by atoms with Crippen molar-refractivity contribution in [3.8, 4) is 0 Å². The lowest BCUT2D eigenvalue weighted by molar-refractivity contribution is -0.173. The Morgan fingerprint density at radius 3 is 2.25 bits per heavy atom. The topological polar surface area (TPSA) is 29.1 Å². The number of hydrogen-bond donors (Lipinski definition) is 1. The molecule has 0 aliphatic carbocycles. The van der Waals surface area contributed by atoms with E-state index < -0.39 is 12.1 Å². The minimum atomic E-state index is -4.78. The molecule has 5 heteroatoms. The molecule has 0 saturated carbocycles. The van der Waals surface area contributed by atoms with Crippen LogP contribution in [0.2, 0.25) is 0 Å². The van der Waals surface area contributed by atoms with Gasteiger partial charge in [-0.05, 0) is 13.8 Å². The summed E-state index contributed by atoms with van der Waals surface area (Å²) >= 11 is 0. The molecule has 0 saturated heterocycles. The number of carbonyl (C=O) groups excluding carboxylic acids is 1. The van der Waals surface area contributed by atoms with E-state index in [-0.39, 0.29) is 6.54 Å². The molecule has 0 spiro atoms. The Morgan fingerprint density at radius 1 is 1.42 bits per heavy atom. The first kappa shape index (κ1) is 11.0. The van der Waals surface area contributed by atoms with Crippen molar-refractivity contribution in [2.45, 2.75) is 20.0 Å². The summed E-state index contributed by atoms with van der Waals surface area (Å²) < 4.78 is 34.6. The van der Waals surface area contributed by atoms with Crippen LogP contribution in [0.5, 0.6) is 0 Å². The predicted octanol–water partition coefficient (Wildman–Crippen LogP) is 1.63. The van der Waals surface area contributed by atoms with Gasteiger partial charge in [-0.15, -0.1) is 0 Å². The minimum absolute atomic E-state index is 0.0827. The van der Waals surface area contributed by atoms with Gasteiger partial charge in [0, 0.05) is 6.54 Å². The zero-order valence-electron chi connectivity index (χ0n) is 6.83. The van der Waals surface area contributed by atoms with Gasteiger partial charge in [-0.25, -0.2) is 0 Å². The van der Waals surface area contributed by atoms with Gasteiger partial charge in [0.1, 0.15) is 0 Å². The fourth-order valence-corrected chi connectivity index (χ4v) is 0.448. The van der Waals surface area contributed by atoms with Crippen LogP contribution in [0.1, 0.15) is 13.8 Å². The molecule has 12 heavy (non-hydrogen) atoms. The smallest absolute Gasteiger partial charge is 0.345 e. The molecule has 70 valence electrons. The van der Waals surface area contributed by atoms with Crippen molar-refractivity contribution < 1.29 is 18.0 Å². The standard InChI is InChI=1S/C7H10F3NO/c1-5(2)3-4-11-6(12)7(8,9)10/h3H,4H2,1-2H3,(H,11,12). The predicted molar refractivity (Wildman–Crippen MR) is 38.5 cm³/mol. The molecule has 0 atom stereocenters. The number of carbonyl (C=O) groups is 1. The second-order valence-electron chi connectivity index (χ2n) is 2.49. The van der Waals surface area contributed by atoms with Crippen molar-refractivity contribution in [3.63, 3.8) is 0 Å². The van der Waals surface area contributed by atoms with Gasteiger partial charge in [0.15, 0.2) is 0 Å². The summed E-state index contributed by atoms with van der Waals surface area (Å²) in [6.45, 7) is 3.39. The van der Waals surface area contributed by atoms with Gasteiger partial charge in [-0.2, -0.15) is 13.2 Å². The molecule has 0 aliphatic rings. The quantitative estimate of drug-likeness (QED) is 0.644. The molecule has 1 N–H and O–H groups in total. The van der Waals surface area contributed by atoms with Gasteiger partial charge in [-0.1, -0.05) is 11.6 Å². The van der Waals surface area contributed by atoms with Crippen LogP contribution >= 0.6 is 0 Å². The highest BCUT2D eigenvalue weighted by Gasteiger charge is 2.37. The average molecular weight is 181 g/mol. The molecule has 0 radical (unpaired) electrons. The van der Waals surface area contributed by atoms with Gasteiger partial charge in [0.05, 0.1) is 0 Å². The third-order valence-corrected chi connectivity index (χ3v) is 1.03. The molecule has 0 fully saturated rings. The van der Waals surface area contributed by atoms with Gasteiger partial charge < -0.3 is 5.32 Å². The fourth-order valence-electron chi connectivity index (χ4n) is 0.448. The molecule has 1 amide bonds. The van der Waals surface area contributed by atoms with Gasteiger partial charge in [-0.3, -0.25) is 4.79 Å². The van der Waals surface area contributed by atoms with Crippen LogP contribution in [-0.4, -0.2) is 18.6 Å². The number of halogens is 3. The van der Waals surface area contributed by atoms with E-state index in [0.717, 1.165) is 5.57 Å². The summed E-state index contributed by atoms with van der Waals surface area (Å²) in [5, 5.41) is 1.71. The number of amides is 1. The van der Waals surface area contributed by atoms with E-state index in [4.69, 9.17) is 0 Å². The van der Waals surface area contributed by atoms with Crippen LogP contribution < -0.4 is 5.32 Å². The highest BCUT2D eigenvalue weighted by atomic mass is 19.4. The van der Waals surface area contributed by atoms with Crippen LogP contribution in [-0.2, 0) is 4.79 Å². The normalized spacial score (nSPS) is 10.8. The van der Waals surface area contributed by atoms with E-state index >= 15 is 0 Å². The molecule has 0 aromatic rings. The number of nitrogens with one attached hydrogen (secondary N) is 1. The minimum Gasteiger partial charge on any atom is -0.345 e. The third-order valence-electron chi connectivity index (χ3n) is 1.03. The maximum atomic E-state index is 11.5. The summed E-state index contributed by atoms with van der Waals surface area (Å²) in [7, 11) is 0. The summed E-state index contributed by atoms with van der Waals surface area (Å²) in [5.74, 6) is -1.90.